The summed E-state index contributed by atoms with van der Waals surface area (Å²) in [6, 6.07) is 3.55. The van der Waals surface area contributed by atoms with E-state index in [1.807, 2.05) is 12.1 Å². The molecule has 0 aliphatic carbocycles. The van der Waals surface area contributed by atoms with Crippen LogP contribution < -0.4 is 5.32 Å². The van der Waals surface area contributed by atoms with Gasteiger partial charge < -0.3 is 10.1 Å². The lowest BCUT2D eigenvalue weighted by Gasteiger charge is -2.39. The van der Waals surface area contributed by atoms with Crippen molar-refractivity contribution in [1.82, 2.24) is 18.9 Å². The first-order chi connectivity index (χ1) is 10.2. The Balaban J connectivity index is 0.00000176. The number of nitrogens with zero attached hydrogens (tertiary/aromatic N) is 3. The fraction of sp³-hybridized carbons (Fsp3) is 0.615. The Kier molecular flexibility index (Phi) is 6.13. The van der Waals surface area contributed by atoms with Gasteiger partial charge in [0.15, 0.2) is 0 Å². The van der Waals surface area contributed by atoms with Gasteiger partial charge in [-0.15, -0.1) is 12.4 Å². The summed E-state index contributed by atoms with van der Waals surface area (Å²) in [7, 11) is -3.46. The van der Waals surface area contributed by atoms with Crippen molar-refractivity contribution >= 4 is 22.6 Å². The highest BCUT2D eigenvalue weighted by Crippen LogP contribution is 2.26. The van der Waals surface area contributed by atoms with Crippen LogP contribution in [-0.4, -0.2) is 67.9 Å². The molecule has 7 nitrogen and oxygen atoms in total. The first-order valence-corrected chi connectivity index (χ1v) is 8.54. The average molecular weight is 349 g/mol. The van der Waals surface area contributed by atoms with Crippen LogP contribution in [0.25, 0.3) is 0 Å². The third-order valence-electron chi connectivity index (χ3n) is 3.86. The molecule has 9 heteroatoms. The van der Waals surface area contributed by atoms with Crippen molar-refractivity contribution < 1.29 is 13.2 Å². The predicted octanol–water partition coefficient (Wildman–Crippen LogP) is 0.0267. The van der Waals surface area contributed by atoms with Gasteiger partial charge >= 0.3 is 0 Å². The second-order valence-electron chi connectivity index (χ2n) is 5.14. The number of ether oxygens (including phenoxy) is 1. The number of hydrogen-bond acceptors (Lipinski definition) is 5. The molecule has 1 unspecified atom stereocenters. The van der Waals surface area contributed by atoms with Crippen molar-refractivity contribution in [1.29, 1.82) is 0 Å². The van der Waals surface area contributed by atoms with Crippen LogP contribution in [0.3, 0.4) is 0 Å². The number of morpholine rings is 1. The zero-order valence-corrected chi connectivity index (χ0v) is 13.9. The highest BCUT2D eigenvalue weighted by Gasteiger charge is 2.37. The van der Waals surface area contributed by atoms with Crippen LogP contribution in [-0.2, 0) is 14.9 Å². The van der Waals surface area contributed by atoms with E-state index in [4.69, 9.17) is 4.74 Å². The maximum atomic E-state index is 12.9. The van der Waals surface area contributed by atoms with Crippen molar-refractivity contribution in [2.75, 3.05) is 45.9 Å². The van der Waals surface area contributed by atoms with Crippen molar-refractivity contribution in [3.05, 3.63) is 30.1 Å². The summed E-state index contributed by atoms with van der Waals surface area (Å²) >= 11 is 0. The molecule has 1 aromatic rings. The number of pyridine rings is 1. The molecule has 2 saturated heterocycles. The molecule has 1 aromatic heterocycles. The van der Waals surface area contributed by atoms with Gasteiger partial charge in [-0.2, -0.15) is 17.0 Å². The minimum atomic E-state index is -3.46. The molecule has 1 atom stereocenters. The molecule has 0 amide bonds. The molecule has 0 aromatic carbocycles. The molecule has 0 bridgehead atoms. The molecule has 0 spiro atoms. The third kappa shape index (κ3) is 3.58. The van der Waals surface area contributed by atoms with Crippen molar-refractivity contribution in [3.8, 4) is 0 Å². The Morgan fingerprint density at radius 3 is 2.73 bits per heavy atom. The summed E-state index contributed by atoms with van der Waals surface area (Å²) in [6.07, 6.45) is 3.43. The van der Waals surface area contributed by atoms with Gasteiger partial charge in [-0.25, -0.2) is 0 Å². The molecule has 0 radical (unpaired) electrons. The van der Waals surface area contributed by atoms with E-state index in [2.05, 4.69) is 10.3 Å². The molecule has 3 rings (SSSR count). The summed E-state index contributed by atoms with van der Waals surface area (Å²) in [5.74, 6) is 0. The van der Waals surface area contributed by atoms with Crippen LogP contribution in [0.2, 0.25) is 0 Å². The predicted molar refractivity (Wildman–Crippen MR) is 85.1 cm³/mol. The number of hydrogen-bond donors (Lipinski definition) is 1. The van der Waals surface area contributed by atoms with Gasteiger partial charge in [-0.3, -0.25) is 4.98 Å². The van der Waals surface area contributed by atoms with Crippen LogP contribution >= 0.6 is 12.4 Å². The summed E-state index contributed by atoms with van der Waals surface area (Å²) in [4.78, 5) is 4.11. The van der Waals surface area contributed by atoms with E-state index in [0.717, 1.165) is 5.56 Å². The third-order valence-corrected chi connectivity index (χ3v) is 5.90. The van der Waals surface area contributed by atoms with E-state index in [-0.39, 0.29) is 18.4 Å². The molecule has 3 heterocycles. The van der Waals surface area contributed by atoms with E-state index in [0.29, 0.717) is 45.9 Å². The maximum Gasteiger partial charge on any atom is 0.282 e. The summed E-state index contributed by atoms with van der Waals surface area (Å²) in [5, 5.41) is 3.26. The van der Waals surface area contributed by atoms with Crippen LogP contribution in [0.1, 0.15) is 11.6 Å². The Bertz CT molecular complexity index is 566. The van der Waals surface area contributed by atoms with E-state index >= 15 is 0 Å². The molecule has 2 fully saturated rings. The largest absolute Gasteiger partial charge is 0.379 e. The Morgan fingerprint density at radius 2 is 2.05 bits per heavy atom. The van der Waals surface area contributed by atoms with Gasteiger partial charge in [-0.05, 0) is 11.6 Å². The first kappa shape index (κ1) is 17.6. The monoisotopic (exact) mass is 348 g/mol. The van der Waals surface area contributed by atoms with Gasteiger partial charge in [0.1, 0.15) is 0 Å². The van der Waals surface area contributed by atoms with Gasteiger partial charge in [0.25, 0.3) is 10.2 Å². The van der Waals surface area contributed by atoms with Gasteiger partial charge in [0, 0.05) is 45.1 Å². The van der Waals surface area contributed by atoms with Crippen molar-refractivity contribution in [2.45, 2.75) is 6.04 Å². The molecule has 22 heavy (non-hydrogen) atoms. The molecular weight excluding hydrogens is 328 g/mol. The Hall–Kier alpha value is -0.770. The number of rotatable bonds is 3. The van der Waals surface area contributed by atoms with Crippen molar-refractivity contribution in [3.63, 3.8) is 0 Å². The molecule has 0 saturated carbocycles. The van der Waals surface area contributed by atoms with Crippen LogP contribution in [0.15, 0.2) is 24.5 Å². The second-order valence-corrected chi connectivity index (χ2v) is 7.02. The Morgan fingerprint density at radius 1 is 1.27 bits per heavy atom. The summed E-state index contributed by atoms with van der Waals surface area (Å²) in [6.45, 7) is 3.51. The fourth-order valence-corrected chi connectivity index (χ4v) is 4.49. The number of nitrogens with one attached hydrogen (secondary N) is 1. The molecule has 2 aliphatic rings. The molecule has 124 valence electrons. The van der Waals surface area contributed by atoms with Crippen molar-refractivity contribution in [2.24, 2.45) is 0 Å². The molecular formula is C13H21ClN4O3S. The average Bonchev–Trinajstić information content (AvgIpc) is 2.56. The molecule has 2 aliphatic heterocycles. The number of aromatic nitrogens is 1. The lowest BCUT2D eigenvalue weighted by atomic mass is 10.1. The quantitative estimate of drug-likeness (QED) is 0.834. The second kappa shape index (κ2) is 7.67. The van der Waals surface area contributed by atoms with Crippen LogP contribution in [0.5, 0.6) is 0 Å². The lowest BCUT2D eigenvalue weighted by Crippen LogP contribution is -2.55. The number of piperazine rings is 1. The number of halogens is 1. The van der Waals surface area contributed by atoms with Crippen LogP contribution in [0, 0.1) is 0 Å². The minimum Gasteiger partial charge on any atom is -0.379 e. The Labute approximate surface area is 137 Å². The van der Waals surface area contributed by atoms with Gasteiger partial charge in [0.2, 0.25) is 0 Å². The normalized spacial score (nSPS) is 24.6. The lowest BCUT2D eigenvalue weighted by molar-refractivity contribution is 0.0685. The fourth-order valence-electron chi connectivity index (χ4n) is 2.74. The highest BCUT2D eigenvalue weighted by atomic mass is 35.5. The van der Waals surface area contributed by atoms with Gasteiger partial charge in [-0.1, -0.05) is 6.07 Å². The SMILES string of the molecule is Cl.O=S(=O)(N1CCOCC1)N1CCNCC1c1cccnc1. The smallest absolute Gasteiger partial charge is 0.282 e. The molecule has 1 N–H and O–H groups in total. The van der Waals surface area contributed by atoms with Gasteiger partial charge in [0.05, 0.1) is 19.3 Å². The van der Waals surface area contributed by atoms with E-state index in [1.54, 1.807) is 16.7 Å². The standard InChI is InChI=1S/C13H20N4O3S.ClH/c18-21(19,16-6-8-20-9-7-16)17-5-4-15-11-13(17)12-2-1-3-14-10-12;/h1-3,10,13,15H,4-9,11H2;1H. The van der Waals surface area contributed by atoms with E-state index in [9.17, 15) is 8.42 Å². The zero-order valence-electron chi connectivity index (χ0n) is 12.2. The summed E-state index contributed by atoms with van der Waals surface area (Å²) < 4.78 is 34.1. The minimum absolute atomic E-state index is 0. The topological polar surface area (TPSA) is 74.8 Å². The first-order valence-electron chi connectivity index (χ1n) is 7.15. The van der Waals surface area contributed by atoms with E-state index in [1.165, 1.54) is 4.31 Å². The van der Waals surface area contributed by atoms with Crippen LogP contribution in [0.4, 0.5) is 0 Å². The summed E-state index contributed by atoms with van der Waals surface area (Å²) in [5.41, 5.74) is 0.918. The highest BCUT2D eigenvalue weighted by molar-refractivity contribution is 7.86. The zero-order chi connectivity index (χ0) is 14.7. The maximum absolute atomic E-state index is 12.9. The van der Waals surface area contributed by atoms with E-state index < -0.39 is 10.2 Å².